The zero-order valence-corrected chi connectivity index (χ0v) is 10.2. The van der Waals surface area contributed by atoms with Crippen LogP contribution < -0.4 is 10.6 Å². The molecular weight excluding hydrogens is 210 g/mol. The van der Waals surface area contributed by atoms with Crippen LogP contribution in [0.1, 0.15) is 12.1 Å². The second-order valence-corrected chi connectivity index (χ2v) is 4.91. The standard InChI is InChI=1S/C14H19N3/c1-10-14(16-9-11-6-7-15-8-11)12-4-2-3-5-13(12)17-10/h2-5,11,15-17H,6-9H2,1H3. The summed E-state index contributed by atoms with van der Waals surface area (Å²) >= 11 is 0. The van der Waals surface area contributed by atoms with E-state index in [0.29, 0.717) is 0 Å². The highest BCUT2D eigenvalue weighted by atomic mass is 15.0. The van der Waals surface area contributed by atoms with Crippen molar-refractivity contribution in [2.24, 2.45) is 5.92 Å². The summed E-state index contributed by atoms with van der Waals surface area (Å²) in [5.74, 6) is 0.767. The predicted octanol–water partition coefficient (Wildman–Crippen LogP) is 2.50. The molecule has 3 heteroatoms. The van der Waals surface area contributed by atoms with Crippen molar-refractivity contribution >= 4 is 16.6 Å². The van der Waals surface area contributed by atoms with E-state index in [-0.39, 0.29) is 0 Å². The smallest absolute Gasteiger partial charge is 0.0628 e. The Morgan fingerprint density at radius 2 is 2.24 bits per heavy atom. The SMILES string of the molecule is Cc1[nH]c2ccccc2c1NCC1CCNC1. The largest absolute Gasteiger partial charge is 0.383 e. The van der Waals surface area contributed by atoms with E-state index in [1.807, 2.05) is 0 Å². The fourth-order valence-electron chi connectivity index (χ4n) is 2.64. The number of aromatic amines is 1. The summed E-state index contributed by atoms with van der Waals surface area (Å²) in [4.78, 5) is 3.42. The minimum atomic E-state index is 0.767. The number of nitrogens with one attached hydrogen (secondary N) is 3. The van der Waals surface area contributed by atoms with Gasteiger partial charge in [0.1, 0.15) is 0 Å². The van der Waals surface area contributed by atoms with Crippen molar-refractivity contribution in [3.63, 3.8) is 0 Å². The fraction of sp³-hybridized carbons (Fsp3) is 0.429. The molecule has 1 unspecified atom stereocenters. The van der Waals surface area contributed by atoms with Gasteiger partial charge in [-0.15, -0.1) is 0 Å². The Morgan fingerprint density at radius 1 is 1.35 bits per heavy atom. The molecule has 1 saturated heterocycles. The van der Waals surface area contributed by atoms with Crippen LogP contribution in [0.5, 0.6) is 0 Å². The van der Waals surface area contributed by atoms with Gasteiger partial charge >= 0.3 is 0 Å². The molecule has 90 valence electrons. The molecule has 2 heterocycles. The number of hydrogen-bond donors (Lipinski definition) is 3. The zero-order chi connectivity index (χ0) is 11.7. The molecule has 0 radical (unpaired) electrons. The van der Waals surface area contributed by atoms with E-state index in [1.54, 1.807) is 0 Å². The Bertz CT molecular complexity index is 509. The molecule has 0 spiro atoms. The summed E-state index contributed by atoms with van der Waals surface area (Å²) in [6.07, 6.45) is 1.29. The normalized spacial score (nSPS) is 19.9. The number of aromatic nitrogens is 1. The number of H-pyrrole nitrogens is 1. The van der Waals surface area contributed by atoms with E-state index in [1.165, 1.54) is 35.2 Å². The van der Waals surface area contributed by atoms with Crippen LogP contribution in [0, 0.1) is 12.8 Å². The first-order valence-corrected chi connectivity index (χ1v) is 6.36. The maximum atomic E-state index is 3.61. The van der Waals surface area contributed by atoms with Crippen LogP contribution in [0.15, 0.2) is 24.3 Å². The first-order chi connectivity index (χ1) is 8.34. The molecule has 1 fully saturated rings. The average Bonchev–Trinajstić information content (AvgIpc) is 2.93. The Kier molecular flexibility index (Phi) is 2.77. The molecule has 2 aromatic rings. The van der Waals surface area contributed by atoms with E-state index in [2.05, 4.69) is 46.8 Å². The quantitative estimate of drug-likeness (QED) is 0.756. The highest BCUT2D eigenvalue weighted by molar-refractivity contribution is 5.94. The minimum Gasteiger partial charge on any atom is -0.383 e. The van der Waals surface area contributed by atoms with Crippen molar-refractivity contribution in [2.75, 3.05) is 25.0 Å². The van der Waals surface area contributed by atoms with E-state index in [4.69, 9.17) is 0 Å². The van der Waals surface area contributed by atoms with E-state index in [9.17, 15) is 0 Å². The lowest BCUT2D eigenvalue weighted by Crippen LogP contribution is -2.17. The van der Waals surface area contributed by atoms with E-state index < -0.39 is 0 Å². The van der Waals surface area contributed by atoms with Gasteiger partial charge in [-0.25, -0.2) is 0 Å². The maximum absolute atomic E-state index is 3.61. The molecule has 1 aromatic carbocycles. The second-order valence-electron chi connectivity index (χ2n) is 4.91. The number of para-hydroxylation sites is 1. The predicted molar refractivity (Wildman–Crippen MR) is 72.5 cm³/mol. The average molecular weight is 229 g/mol. The maximum Gasteiger partial charge on any atom is 0.0628 e. The van der Waals surface area contributed by atoms with Crippen LogP contribution in [-0.2, 0) is 0 Å². The Balaban J connectivity index is 1.81. The molecule has 3 nitrogen and oxygen atoms in total. The number of benzene rings is 1. The van der Waals surface area contributed by atoms with Gasteiger partial charge in [0, 0.05) is 23.1 Å². The molecule has 17 heavy (non-hydrogen) atoms. The van der Waals surface area contributed by atoms with E-state index in [0.717, 1.165) is 19.0 Å². The van der Waals surface area contributed by atoms with E-state index >= 15 is 0 Å². The summed E-state index contributed by atoms with van der Waals surface area (Å²) in [5.41, 5.74) is 3.72. The summed E-state index contributed by atoms with van der Waals surface area (Å²) < 4.78 is 0. The molecule has 3 rings (SSSR count). The van der Waals surface area contributed by atoms with Gasteiger partial charge in [-0.2, -0.15) is 0 Å². The number of anilines is 1. The lowest BCUT2D eigenvalue weighted by molar-refractivity contribution is 0.615. The van der Waals surface area contributed by atoms with Crippen LogP contribution in [-0.4, -0.2) is 24.6 Å². The van der Waals surface area contributed by atoms with Crippen LogP contribution in [0.25, 0.3) is 10.9 Å². The third-order valence-electron chi connectivity index (χ3n) is 3.62. The number of aryl methyl sites for hydroxylation is 1. The number of fused-ring (bicyclic) bond motifs is 1. The zero-order valence-electron chi connectivity index (χ0n) is 10.2. The topological polar surface area (TPSA) is 39.9 Å². The molecule has 0 bridgehead atoms. The Hall–Kier alpha value is -1.48. The summed E-state index contributed by atoms with van der Waals surface area (Å²) in [5, 5.41) is 8.31. The molecule has 1 aromatic heterocycles. The van der Waals surface area contributed by atoms with Crippen molar-refractivity contribution in [2.45, 2.75) is 13.3 Å². The van der Waals surface area contributed by atoms with Crippen molar-refractivity contribution in [3.8, 4) is 0 Å². The third-order valence-corrected chi connectivity index (χ3v) is 3.62. The molecule has 0 amide bonds. The lowest BCUT2D eigenvalue weighted by Gasteiger charge is -2.11. The molecular formula is C14H19N3. The number of rotatable bonds is 3. The highest BCUT2D eigenvalue weighted by Crippen LogP contribution is 2.27. The van der Waals surface area contributed by atoms with Crippen LogP contribution in [0.2, 0.25) is 0 Å². The fourth-order valence-corrected chi connectivity index (χ4v) is 2.64. The Morgan fingerprint density at radius 3 is 3.06 bits per heavy atom. The van der Waals surface area contributed by atoms with Crippen molar-refractivity contribution in [3.05, 3.63) is 30.0 Å². The van der Waals surface area contributed by atoms with Gasteiger partial charge < -0.3 is 15.6 Å². The molecule has 1 aliphatic heterocycles. The van der Waals surface area contributed by atoms with Crippen molar-refractivity contribution in [1.82, 2.24) is 10.3 Å². The first kappa shape index (κ1) is 10.7. The minimum absolute atomic E-state index is 0.767. The van der Waals surface area contributed by atoms with Crippen molar-refractivity contribution < 1.29 is 0 Å². The molecule has 1 aliphatic rings. The number of hydrogen-bond acceptors (Lipinski definition) is 2. The van der Waals surface area contributed by atoms with Gasteiger partial charge in [0.15, 0.2) is 0 Å². The van der Waals surface area contributed by atoms with Gasteiger partial charge in [0.05, 0.1) is 5.69 Å². The van der Waals surface area contributed by atoms with Crippen LogP contribution in [0.3, 0.4) is 0 Å². The highest BCUT2D eigenvalue weighted by Gasteiger charge is 2.15. The lowest BCUT2D eigenvalue weighted by atomic mass is 10.1. The molecule has 3 N–H and O–H groups in total. The molecule has 0 saturated carbocycles. The van der Waals surface area contributed by atoms with Crippen molar-refractivity contribution in [1.29, 1.82) is 0 Å². The molecule has 0 aliphatic carbocycles. The summed E-state index contributed by atoms with van der Waals surface area (Å²) in [6, 6.07) is 8.47. The summed E-state index contributed by atoms with van der Waals surface area (Å²) in [6.45, 7) is 5.51. The van der Waals surface area contributed by atoms with Crippen LogP contribution >= 0.6 is 0 Å². The third kappa shape index (κ3) is 2.03. The summed E-state index contributed by atoms with van der Waals surface area (Å²) in [7, 11) is 0. The van der Waals surface area contributed by atoms with Gasteiger partial charge in [-0.3, -0.25) is 0 Å². The Labute approximate surface area is 102 Å². The van der Waals surface area contributed by atoms with Gasteiger partial charge in [0.25, 0.3) is 0 Å². The van der Waals surface area contributed by atoms with Gasteiger partial charge in [-0.05, 0) is 38.4 Å². The molecule has 1 atom stereocenters. The van der Waals surface area contributed by atoms with Crippen LogP contribution in [0.4, 0.5) is 5.69 Å². The van der Waals surface area contributed by atoms with Gasteiger partial charge in [0.2, 0.25) is 0 Å². The monoisotopic (exact) mass is 229 g/mol. The van der Waals surface area contributed by atoms with Gasteiger partial charge in [-0.1, -0.05) is 18.2 Å². The first-order valence-electron chi connectivity index (χ1n) is 6.36. The second kappa shape index (κ2) is 4.41.